The van der Waals surface area contributed by atoms with Gasteiger partial charge < -0.3 is 19.6 Å². The van der Waals surface area contributed by atoms with E-state index in [1.54, 1.807) is 42.5 Å². The molecule has 0 saturated heterocycles. The monoisotopic (exact) mass is 622 g/mol. The van der Waals surface area contributed by atoms with Gasteiger partial charge in [0.25, 0.3) is 5.91 Å². The average Bonchev–Trinajstić information content (AvgIpc) is 3.78. The van der Waals surface area contributed by atoms with E-state index in [2.05, 4.69) is 10.0 Å². The number of hydrogen-bond acceptors (Lipinski definition) is 6. The van der Waals surface area contributed by atoms with E-state index in [9.17, 15) is 22.4 Å². The number of rotatable bonds is 15. The Morgan fingerprint density at radius 1 is 1.02 bits per heavy atom. The summed E-state index contributed by atoms with van der Waals surface area (Å²) in [6, 6.07) is 15.8. The maximum Gasteiger partial charge on any atom is 0.335 e. The minimum Gasteiger partial charge on any atom is -0.478 e. The zero-order valence-electron chi connectivity index (χ0n) is 24.4. The van der Waals surface area contributed by atoms with Crippen LogP contribution >= 0.6 is 0 Å². The molecule has 1 amide bonds. The van der Waals surface area contributed by atoms with Crippen molar-refractivity contribution in [3.05, 3.63) is 94.3 Å². The molecule has 1 aliphatic rings. The third-order valence-corrected chi connectivity index (χ3v) is 8.97. The zero-order chi connectivity index (χ0) is 31.3. The molecule has 11 heteroatoms. The summed E-state index contributed by atoms with van der Waals surface area (Å²) in [6.07, 6.45) is 4.08. The number of furan rings is 1. The normalized spacial score (nSPS) is 13.3. The minimum atomic E-state index is -3.64. The van der Waals surface area contributed by atoms with Gasteiger partial charge in [-0.15, -0.1) is 0 Å². The number of carboxylic acid groups (broad SMARTS) is 1. The van der Waals surface area contributed by atoms with Crippen LogP contribution in [-0.2, 0) is 27.1 Å². The van der Waals surface area contributed by atoms with E-state index >= 15 is 0 Å². The van der Waals surface area contributed by atoms with Crippen molar-refractivity contribution in [3.63, 3.8) is 0 Å². The lowest BCUT2D eigenvalue weighted by atomic mass is 9.98. The van der Waals surface area contributed by atoms with Gasteiger partial charge in [0, 0.05) is 31.1 Å². The molecule has 1 aromatic heterocycles. The Morgan fingerprint density at radius 3 is 2.41 bits per heavy atom. The fourth-order valence-electron chi connectivity index (χ4n) is 5.18. The van der Waals surface area contributed by atoms with Crippen LogP contribution in [0.2, 0.25) is 0 Å². The van der Waals surface area contributed by atoms with Crippen molar-refractivity contribution in [1.82, 2.24) is 10.0 Å². The highest BCUT2D eigenvalue weighted by molar-refractivity contribution is 7.88. The number of hydrogen-bond donors (Lipinski definition) is 3. The molecule has 44 heavy (non-hydrogen) atoms. The molecule has 0 radical (unpaired) electrons. The van der Waals surface area contributed by atoms with Crippen LogP contribution in [0.4, 0.5) is 4.39 Å². The predicted molar refractivity (Wildman–Crippen MR) is 165 cm³/mol. The van der Waals surface area contributed by atoms with Gasteiger partial charge in [0.1, 0.15) is 17.2 Å². The van der Waals surface area contributed by atoms with E-state index in [-0.39, 0.29) is 23.1 Å². The SMILES string of the molecule is CNC(=O)c1c(-c2ccc(F)cc2)oc2cc(CS(=O)(=O)NCCCCCOCc3ccc(C(=O)O)cc3)c(C3CC3)cc12. The largest absolute Gasteiger partial charge is 0.478 e. The molecule has 0 atom stereocenters. The number of aromatic carboxylic acids is 1. The molecule has 0 bridgehead atoms. The van der Waals surface area contributed by atoms with E-state index < -0.39 is 21.8 Å². The fourth-order valence-corrected chi connectivity index (χ4v) is 6.40. The molecule has 3 N–H and O–H groups in total. The highest BCUT2D eigenvalue weighted by Crippen LogP contribution is 2.45. The molecule has 4 aromatic rings. The van der Waals surface area contributed by atoms with Gasteiger partial charge in [0.15, 0.2) is 0 Å². The number of carboxylic acids is 1. The molecule has 3 aromatic carbocycles. The van der Waals surface area contributed by atoms with Crippen LogP contribution in [0, 0.1) is 5.82 Å². The number of amides is 1. The molecule has 1 saturated carbocycles. The van der Waals surface area contributed by atoms with E-state index in [4.69, 9.17) is 14.3 Å². The van der Waals surface area contributed by atoms with Gasteiger partial charge in [0.05, 0.1) is 23.5 Å². The van der Waals surface area contributed by atoms with Crippen LogP contribution in [0.15, 0.2) is 65.1 Å². The molecule has 0 aliphatic heterocycles. The molecule has 1 aliphatic carbocycles. The topological polar surface area (TPSA) is 135 Å². The highest BCUT2D eigenvalue weighted by Gasteiger charge is 2.30. The Kier molecular flexibility index (Phi) is 9.77. The first kappa shape index (κ1) is 31.4. The lowest BCUT2D eigenvalue weighted by Crippen LogP contribution is -2.26. The third kappa shape index (κ3) is 7.71. The lowest BCUT2D eigenvalue weighted by Gasteiger charge is -2.11. The van der Waals surface area contributed by atoms with Crippen molar-refractivity contribution in [1.29, 1.82) is 0 Å². The first-order valence-corrected chi connectivity index (χ1v) is 16.2. The highest BCUT2D eigenvalue weighted by atomic mass is 32.2. The number of unbranched alkanes of at least 4 members (excludes halogenated alkanes) is 2. The Morgan fingerprint density at radius 2 is 1.75 bits per heavy atom. The van der Waals surface area contributed by atoms with Crippen molar-refractivity contribution in [2.45, 2.75) is 50.4 Å². The maximum absolute atomic E-state index is 13.6. The summed E-state index contributed by atoms with van der Waals surface area (Å²) < 4.78 is 54.2. The minimum absolute atomic E-state index is 0.208. The van der Waals surface area contributed by atoms with Gasteiger partial charge in [-0.05, 0) is 103 Å². The Labute approximate surface area is 255 Å². The standard InChI is InChI=1S/C33H35FN2O7S/c1-35-32(37)30-28-18-27(22-9-10-22)25(17-29(28)43-31(30)23-11-13-26(34)14-12-23)20-44(40,41)36-15-3-2-4-16-42-19-21-5-7-24(8-6-21)33(38)39/h5-8,11-14,17-18,22,36H,2-4,9-10,15-16,19-20H2,1H3,(H,35,37)(H,38,39). The van der Waals surface area contributed by atoms with Gasteiger partial charge in [-0.3, -0.25) is 4.79 Å². The molecular formula is C33H35FN2O7S. The second-order valence-corrected chi connectivity index (χ2v) is 12.8. The van der Waals surface area contributed by atoms with Gasteiger partial charge >= 0.3 is 5.97 Å². The zero-order valence-corrected chi connectivity index (χ0v) is 25.2. The first-order valence-electron chi connectivity index (χ1n) is 14.6. The van der Waals surface area contributed by atoms with Gasteiger partial charge in [-0.2, -0.15) is 0 Å². The fraction of sp³-hybridized carbons (Fsp3) is 0.333. The van der Waals surface area contributed by atoms with Crippen molar-refractivity contribution >= 4 is 32.9 Å². The van der Waals surface area contributed by atoms with E-state index in [1.165, 1.54) is 19.2 Å². The Balaban J connectivity index is 1.19. The molecule has 5 rings (SSSR count). The summed E-state index contributed by atoms with van der Waals surface area (Å²) in [7, 11) is -2.11. The number of carbonyl (C=O) groups excluding carboxylic acids is 1. The molecule has 0 unspecified atom stereocenters. The molecule has 9 nitrogen and oxygen atoms in total. The summed E-state index contributed by atoms with van der Waals surface area (Å²) in [5, 5.41) is 12.2. The number of nitrogens with one attached hydrogen (secondary N) is 2. The second-order valence-electron chi connectivity index (χ2n) is 11.0. The van der Waals surface area contributed by atoms with Gasteiger partial charge in [-0.1, -0.05) is 12.1 Å². The van der Waals surface area contributed by atoms with E-state index in [0.29, 0.717) is 59.6 Å². The molecule has 1 heterocycles. The van der Waals surface area contributed by atoms with Crippen molar-refractivity contribution in [2.24, 2.45) is 0 Å². The Bertz CT molecular complexity index is 1750. The van der Waals surface area contributed by atoms with Crippen LogP contribution in [0.3, 0.4) is 0 Å². The molecule has 0 spiro atoms. The van der Waals surface area contributed by atoms with Crippen molar-refractivity contribution in [2.75, 3.05) is 20.2 Å². The molecular weight excluding hydrogens is 587 g/mol. The summed E-state index contributed by atoms with van der Waals surface area (Å²) in [5.41, 5.74) is 3.93. The third-order valence-electron chi connectivity index (χ3n) is 7.63. The van der Waals surface area contributed by atoms with Crippen LogP contribution in [0.1, 0.15) is 75.4 Å². The number of carbonyl (C=O) groups is 2. The maximum atomic E-state index is 13.6. The number of ether oxygens (including phenoxy) is 1. The second kappa shape index (κ2) is 13.7. The lowest BCUT2D eigenvalue weighted by molar-refractivity contribution is 0.0696. The first-order chi connectivity index (χ1) is 21.1. The number of benzene rings is 3. The summed E-state index contributed by atoms with van der Waals surface area (Å²) in [4.78, 5) is 23.8. The van der Waals surface area contributed by atoms with Crippen molar-refractivity contribution in [3.8, 4) is 11.3 Å². The van der Waals surface area contributed by atoms with Crippen LogP contribution in [0.25, 0.3) is 22.3 Å². The average molecular weight is 623 g/mol. The summed E-state index contributed by atoms with van der Waals surface area (Å²) in [6.45, 7) is 1.20. The van der Waals surface area contributed by atoms with Gasteiger partial charge in [0.2, 0.25) is 10.0 Å². The predicted octanol–water partition coefficient (Wildman–Crippen LogP) is 5.98. The quantitative estimate of drug-likeness (QED) is 0.139. The number of fused-ring (bicyclic) bond motifs is 1. The van der Waals surface area contributed by atoms with E-state index in [1.807, 2.05) is 6.07 Å². The number of sulfonamides is 1. The molecule has 1 fully saturated rings. The van der Waals surface area contributed by atoms with Gasteiger partial charge in [-0.25, -0.2) is 22.3 Å². The molecule has 232 valence electrons. The van der Waals surface area contributed by atoms with Crippen LogP contribution < -0.4 is 10.0 Å². The van der Waals surface area contributed by atoms with Crippen LogP contribution in [-0.4, -0.2) is 45.6 Å². The Hall–Kier alpha value is -4.06. The summed E-state index contributed by atoms with van der Waals surface area (Å²) in [5.74, 6) is -1.39. The van der Waals surface area contributed by atoms with Crippen LogP contribution in [0.5, 0.6) is 0 Å². The summed E-state index contributed by atoms with van der Waals surface area (Å²) >= 11 is 0. The van der Waals surface area contributed by atoms with Crippen molar-refractivity contribution < 1.29 is 36.7 Å². The number of halogens is 1. The smallest absolute Gasteiger partial charge is 0.335 e. The van der Waals surface area contributed by atoms with E-state index in [0.717, 1.165) is 36.8 Å².